The van der Waals surface area contributed by atoms with Gasteiger partial charge in [0.1, 0.15) is 29.5 Å². The molecule has 33 heavy (non-hydrogen) atoms. The third kappa shape index (κ3) is 5.86. The van der Waals surface area contributed by atoms with Gasteiger partial charge < -0.3 is 20.3 Å². The number of benzene rings is 3. The van der Waals surface area contributed by atoms with E-state index in [0.29, 0.717) is 23.7 Å². The van der Waals surface area contributed by atoms with Crippen molar-refractivity contribution in [3.63, 3.8) is 0 Å². The minimum atomic E-state index is -0.0223. The quantitative estimate of drug-likeness (QED) is 0.359. The highest BCUT2D eigenvalue weighted by atomic mass is 16.5. The van der Waals surface area contributed by atoms with Gasteiger partial charge in [-0.1, -0.05) is 24.3 Å². The Balaban J connectivity index is 1.42. The van der Waals surface area contributed by atoms with Gasteiger partial charge >= 0.3 is 0 Å². The standard InChI is InChI=1S/C26H25N5O2/c1-3-31(2)26(32)19-8-7-9-21(16-19)30-25-17-24(27-18-28-25)29-20-12-14-23(15-13-20)33-22-10-5-4-6-11-22/h4-18H,3H2,1-2H3,(H2,27,28,29,30). The highest BCUT2D eigenvalue weighted by Crippen LogP contribution is 2.25. The summed E-state index contributed by atoms with van der Waals surface area (Å²) >= 11 is 0. The highest BCUT2D eigenvalue weighted by molar-refractivity contribution is 5.95. The zero-order valence-corrected chi connectivity index (χ0v) is 18.5. The van der Waals surface area contributed by atoms with Gasteiger partial charge in [0.05, 0.1) is 0 Å². The molecule has 1 amide bonds. The predicted octanol–water partition coefficient (Wildman–Crippen LogP) is 5.85. The van der Waals surface area contributed by atoms with Crippen molar-refractivity contribution in [2.75, 3.05) is 24.2 Å². The molecule has 166 valence electrons. The lowest BCUT2D eigenvalue weighted by molar-refractivity contribution is 0.0802. The first-order chi connectivity index (χ1) is 16.1. The Kier molecular flexibility index (Phi) is 6.80. The zero-order valence-electron chi connectivity index (χ0n) is 18.5. The molecule has 0 unspecified atom stereocenters. The van der Waals surface area contributed by atoms with E-state index in [1.165, 1.54) is 6.33 Å². The molecular formula is C26H25N5O2. The van der Waals surface area contributed by atoms with Crippen LogP contribution in [-0.2, 0) is 0 Å². The zero-order chi connectivity index (χ0) is 23.0. The number of carbonyl (C=O) groups is 1. The van der Waals surface area contributed by atoms with E-state index in [1.807, 2.05) is 79.7 Å². The maximum absolute atomic E-state index is 12.4. The Labute approximate surface area is 193 Å². The molecule has 0 saturated carbocycles. The van der Waals surface area contributed by atoms with Crippen LogP contribution in [0.5, 0.6) is 11.5 Å². The second kappa shape index (κ2) is 10.3. The molecule has 4 rings (SSSR count). The molecule has 0 saturated heterocycles. The second-order valence-corrected chi connectivity index (χ2v) is 7.38. The van der Waals surface area contributed by atoms with E-state index in [1.54, 1.807) is 24.1 Å². The molecule has 0 aliphatic carbocycles. The van der Waals surface area contributed by atoms with Gasteiger partial charge in [-0.15, -0.1) is 0 Å². The average Bonchev–Trinajstić information content (AvgIpc) is 2.85. The summed E-state index contributed by atoms with van der Waals surface area (Å²) < 4.78 is 5.83. The molecular weight excluding hydrogens is 414 g/mol. The van der Waals surface area contributed by atoms with Crippen molar-refractivity contribution in [1.82, 2.24) is 14.9 Å². The largest absolute Gasteiger partial charge is 0.457 e. The molecule has 0 aliphatic rings. The summed E-state index contributed by atoms with van der Waals surface area (Å²) in [5, 5.41) is 6.50. The molecule has 0 radical (unpaired) electrons. The van der Waals surface area contributed by atoms with E-state index in [4.69, 9.17) is 4.74 Å². The Morgan fingerprint density at radius 3 is 2.18 bits per heavy atom. The fraction of sp³-hybridized carbons (Fsp3) is 0.115. The number of para-hydroxylation sites is 1. The van der Waals surface area contributed by atoms with Crippen molar-refractivity contribution < 1.29 is 9.53 Å². The first kappa shape index (κ1) is 21.8. The monoisotopic (exact) mass is 439 g/mol. The van der Waals surface area contributed by atoms with Crippen LogP contribution in [0.2, 0.25) is 0 Å². The number of hydrogen-bond donors (Lipinski definition) is 2. The van der Waals surface area contributed by atoms with Gasteiger partial charge in [0.2, 0.25) is 0 Å². The van der Waals surface area contributed by atoms with E-state index < -0.39 is 0 Å². The second-order valence-electron chi connectivity index (χ2n) is 7.38. The summed E-state index contributed by atoms with van der Waals surface area (Å²) in [5.41, 5.74) is 2.27. The molecule has 2 N–H and O–H groups in total. The lowest BCUT2D eigenvalue weighted by Crippen LogP contribution is -2.26. The van der Waals surface area contributed by atoms with Gasteiger partial charge in [-0.05, 0) is 61.5 Å². The van der Waals surface area contributed by atoms with Gasteiger partial charge in [-0.2, -0.15) is 0 Å². The van der Waals surface area contributed by atoms with Crippen LogP contribution in [0.25, 0.3) is 0 Å². The van der Waals surface area contributed by atoms with Crippen LogP contribution in [0.3, 0.4) is 0 Å². The van der Waals surface area contributed by atoms with Crippen molar-refractivity contribution in [1.29, 1.82) is 0 Å². The maximum Gasteiger partial charge on any atom is 0.253 e. The SMILES string of the molecule is CCN(C)C(=O)c1cccc(Nc2cc(Nc3ccc(Oc4ccccc4)cc3)ncn2)c1. The third-order valence-corrected chi connectivity index (χ3v) is 4.98. The van der Waals surface area contributed by atoms with Gasteiger partial charge in [0.15, 0.2) is 0 Å². The number of carbonyl (C=O) groups excluding carboxylic acids is 1. The van der Waals surface area contributed by atoms with Crippen LogP contribution in [0.4, 0.5) is 23.0 Å². The third-order valence-electron chi connectivity index (χ3n) is 4.98. The molecule has 7 heteroatoms. The topological polar surface area (TPSA) is 79.4 Å². The van der Waals surface area contributed by atoms with E-state index in [0.717, 1.165) is 22.9 Å². The number of anilines is 4. The summed E-state index contributed by atoms with van der Waals surface area (Å²) in [6.45, 7) is 2.59. The van der Waals surface area contributed by atoms with Crippen molar-refractivity contribution in [3.8, 4) is 11.5 Å². The summed E-state index contributed by atoms with van der Waals surface area (Å²) in [4.78, 5) is 22.7. The van der Waals surface area contributed by atoms with Crippen LogP contribution in [-0.4, -0.2) is 34.4 Å². The minimum Gasteiger partial charge on any atom is -0.457 e. The Morgan fingerprint density at radius 2 is 1.48 bits per heavy atom. The number of rotatable bonds is 8. The number of aromatic nitrogens is 2. The molecule has 1 heterocycles. The summed E-state index contributed by atoms with van der Waals surface area (Å²) in [6, 6.07) is 26.4. The lowest BCUT2D eigenvalue weighted by atomic mass is 10.1. The van der Waals surface area contributed by atoms with E-state index >= 15 is 0 Å². The summed E-state index contributed by atoms with van der Waals surface area (Å²) in [5.74, 6) is 2.77. The predicted molar refractivity (Wildman–Crippen MR) is 131 cm³/mol. The number of hydrogen-bond acceptors (Lipinski definition) is 6. The van der Waals surface area contributed by atoms with Crippen LogP contribution < -0.4 is 15.4 Å². The van der Waals surface area contributed by atoms with Crippen LogP contribution >= 0.6 is 0 Å². The van der Waals surface area contributed by atoms with Gasteiger partial charge in [0, 0.05) is 36.6 Å². The van der Waals surface area contributed by atoms with Crippen molar-refractivity contribution in [2.45, 2.75) is 6.92 Å². The molecule has 3 aromatic carbocycles. The molecule has 4 aromatic rings. The molecule has 0 spiro atoms. The molecule has 0 bridgehead atoms. The molecule has 0 atom stereocenters. The van der Waals surface area contributed by atoms with Gasteiger partial charge in [-0.25, -0.2) is 9.97 Å². The normalized spacial score (nSPS) is 10.4. The number of nitrogens with one attached hydrogen (secondary N) is 2. The van der Waals surface area contributed by atoms with Crippen molar-refractivity contribution in [2.24, 2.45) is 0 Å². The van der Waals surface area contributed by atoms with Gasteiger partial charge in [0.25, 0.3) is 5.91 Å². The average molecular weight is 440 g/mol. The van der Waals surface area contributed by atoms with E-state index in [2.05, 4.69) is 20.6 Å². The molecule has 0 fully saturated rings. The molecule has 0 aliphatic heterocycles. The smallest absolute Gasteiger partial charge is 0.253 e. The minimum absolute atomic E-state index is 0.0223. The van der Waals surface area contributed by atoms with E-state index in [-0.39, 0.29) is 5.91 Å². The summed E-state index contributed by atoms with van der Waals surface area (Å²) in [7, 11) is 1.78. The highest BCUT2D eigenvalue weighted by Gasteiger charge is 2.10. The molecule has 1 aromatic heterocycles. The van der Waals surface area contributed by atoms with Crippen molar-refractivity contribution in [3.05, 3.63) is 96.8 Å². The number of ether oxygens (including phenoxy) is 1. The van der Waals surface area contributed by atoms with Crippen LogP contribution in [0, 0.1) is 0 Å². The Bertz CT molecular complexity index is 1210. The Morgan fingerprint density at radius 1 is 0.818 bits per heavy atom. The maximum atomic E-state index is 12.4. The Hall–Kier alpha value is -4.39. The fourth-order valence-corrected chi connectivity index (χ4v) is 3.11. The summed E-state index contributed by atoms with van der Waals surface area (Å²) in [6.07, 6.45) is 1.48. The van der Waals surface area contributed by atoms with Crippen molar-refractivity contribution >= 4 is 28.9 Å². The van der Waals surface area contributed by atoms with Crippen LogP contribution in [0.15, 0.2) is 91.3 Å². The first-order valence-corrected chi connectivity index (χ1v) is 10.7. The number of nitrogens with zero attached hydrogens (tertiary/aromatic N) is 3. The number of amides is 1. The molecule has 7 nitrogen and oxygen atoms in total. The van der Waals surface area contributed by atoms with Crippen LogP contribution in [0.1, 0.15) is 17.3 Å². The van der Waals surface area contributed by atoms with E-state index in [9.17, 15) is 4.79 Å². The first-order valence-electron chi connectivity index (χ1n) is 10.7. The lowest BCUT2D eigenvalue weighted by Gasteiger charge is -2.15. The fourth-order valence-electron chi connectivity index (χ4n) is 3.11. The van der Waals surface area contributed by atoms with Gasteiger partial charge in [-0.3, -0.25) is 4.79 Å².